The molecule has 5 heteroatoms. The Hall–Kier alpha value is -0.650. The number of hydrogen-bond acceptors (Lipinski definition) is 4. The first-order valence-corrected chi connectivity index (χ1v) is 12.8. The number of carboxylic acid groups (broad SMARTS) is 1. The lowest BCUT2D eigenvalue weighted by molar-refractivity contribution is -0.203. The molecular formula is C26H44O5. The molecule has 4 rings (SSSR count). The van der Waals surface area contributed by atoms with E-state index >= 15 is 0 Å². The Balaban J connectivity index is 1.61. The zero-order valence-corrected chi connectivity index (χ0v) is 19.8. The van der Waals surface area contributed by atoms with Gasteiger partial charge in [0.1, 0.15) is 0 Å². The van der Waals surface area contributed by atoms with Crippen LogP contribution in [-0.2, 0) is 4.79 Å². The number of carbonyl (C=O) groups is 1. The SMILES string of the molecule is CC[C@H]1[C@@H](O)[C@@H]2[C@H](CC[C@]3(C)[C@@H]([C@H](C)C[C@H](O)C(=O)O)CC[C@@H]23)[C@@]2(C)CC[C@@H](O)C[C@@H]12. The van der Waals surface area contributed by atoms with E-state index in [4.69, 9.17) is 0 Å². The van der Waals surface area contributed by atoms with Crippen LogP contribution in [0.15, 0.2) is 0 Å². The van der Waals surface area contributed by atoms with E-state index in [1.807, 2.05) is 0 Å². The van der Waals surface area contributed by atoms with Crippen molar-refractivity contribution in [2.24, 2.45) is 52.3 Å². The van der Waals surface area contributed by atoms with Crippen LogP contribution in [0.4, 0.5) is 0 Å². The third-order valence-electron chi connectivity index (χ3n) is 11.0. The van der Waals surface area contributed by atoms with Crippen molar-refractivity contribution >= 4 is 5.97 Å². The van der Waals surface area contributed by atoms with Crippen LogP contribution in [0.2, 0.25) is 0 Å². The van der Waals surface area contributed by atoms with Gasteiger partial charge in [-0.25, -0.2) is 4.79 Å². The molecule has 0 saturated heterocycles. The summed E-state index contributed by atoms with van der Waals surface area (Å²) in [4.78, 5) is 11.2. The van der Waals surface area contributed by atoms with Gasteiger partial charge in [0, 0.05) is 0 Å². The van der Waals surface area contributed by atoms with Gasteiger partial charge < -0.3 is 20.4 Å². The molecule has 31 heavy (non-hydrogen) atoms. The Morgan fingerprint density at radius 2 is 1.65 bits per heavy atom. The molecule has 0 heterocycles. The number of fused-ring (bicyclic) bond motifs is 5. The average Bonchev–Trinajstić information content (AvgIpc) is 3.06. The fraction of sp³-hybridized carbons (Fsp3) is 0.962. The van der Waals surface area contributed by atoms with E-state index in [2.05, 4.69) is 27.7 Å². The van der Waals surface area contributed by atoms with Gasteiger partial charge in [-0.2, -0.15) is 0 Å². The molecule has 4 aliphatic carbocycles. The van der Waals surface area contributed by atoms with Crippen LogP contribution in [0.5, 0.6) is 0 Å². The zero-order chi connectivity index (χ0) is 22.7. The second kappa shape index (κ2) is 8.29. The number of aliphatic hydroxyl groups is 3. The topological polar surface area (TPSA) is 98.0 Å². The fourth-order valence-corrected chi connectivity index (χ4v) is 9.55. The van der Waals surface area contributed by atoms with Gasteiger partial charge in [0.05, 0.1) is 12.2 Å². The Labute approximate surface area is 187 Å². The summed E-state index contributed by atoms with van der Waals surface area (Å²) in [6.07, 6.45) is 6.69. The highest BCUT2D eigenvalue weighted by Crippen LogP contribution is 2.69. The fourth-order valence-electron chi connectivity index (χ4n) is 9.55. The minimum absolute atomic E-state index is 0.107. The van der Waals surface area contributed by atoms with Crippen molar-refractivity contribution in [1.82, 2.24) is 0 Å². The first-order valence-electron chi connectivity index (χ1n) is 12.8. The Kier molecular flexibility index (Phi) is 6.28. The molecule has 12 atom stereocenters. The van der Waals surface area contributed by atoms with E-state index in [1.54, 1.807) is 0 Å². The summed E-state index contributed by atoms with van der Waals surface area (Å²) in [7, 11) is 0. The molecule has 0 aromatic heterocycles. The zero-order valence-electron chi connectivity index (χ0n) is 19.8. The van der Waals surface area contributed by atoms with Gasteiger partial charge in [-0.1, -0.05) is 34.1 Å². The average molecular weight is 437 g/mol. The Bertz CT molecular complexity index is 681. The summed E-state index contributed by atoms with van der Waals surface area (Å²) in [6.45, 7) is 9.16. The van der Waals surface area contributed by atoms with Gasteiger partial charge in [-0.3, -0.25) is 0 Å². The molecule has 4 fully saturated rings. The molecular weight excluding hydrogens is 392 g/mol. The molecule has 4 aliphatic rings. The third kappa shape index (κ3) is 3.58. The van der Waals surface area contributed by atoms with Crippen LogP contribution >= 0.6 is 0 Å². The third-order valence-corrected chi connectivity index (χ3v) is 11.0. The van der Waals surface area contributed by atoms with Crippen molar-refractivity contribution in [2.75, 3.05) is 0 Å². The van der Waals surface area contributed by atoms with Crippen LogP contribution in [0.1, 0.15) is 85.5 Å². The van der Waals surface area contributed by atoms with Crippen molar-refractivity contribution in [3.05, 3.63) is 0 Å². The normalized spacial score (nSPS) is 51.3. The molecule has 0 spiro atoms. The quantitative estimate of drug-likeness (QED) is 0.520. The van der Waals surface area contributed by atoms with Crippen molar-refractivity contribution in [2.45, 2.75) is 104 Å². The van der Waals surface area contributed by atoms with E-state index in [1.165, 1.54) is 0 Å². The first kappa shape index (κ1) is 23.5. The minimum Gasteiger partial charge on any atom is -0.479 e. The standard InChI is InChI=1S/C26H44O5/c1-5-16-20-13-15(27)8-10-26(20,4)19-9-11-25(3)17(14(2)12-21(28)24(30)31)6-7-18(25)22(19)23(16)29/h14-23,27-29H,5-13H2,1-4H3,(H,30,31)/t14-,15-,16-,17-,18+,19+,20+,21+,22+,23-,25-,26-/m1/s1. The highest BCUT2D eigenvalue weighted by Gasteiger charge is 2.64. The van der Waals surface area contributed by atoms with E-state index in [9.17, 15) is 25.2 Å². The van der Waals surface area contributed by atoms with Crippen molar-refractivity contribution < 1.29 is 25.2 Å². The number of aliphatic hydroxyl groups excluding tert-OH is 3. The summed E-state index contributed by atoms with van der Waals surface area (Å²) < 4.78 is 0. The molecule has 178 valence electrons. The van der Waals surface area contributed by atoms with Crippen LogP contribution < -0.4 is 0 Å². The number of aliphatic carboxylic acids is 1. The lowest BCUT2D eigenvalue weighted by Crippen LogP contribution is -2.62. The Morgan fingerprint density at radius 3 is 2.29 bits per heavy atom. The van der Waals surface area contributed by atoms with Gasteiger partial charge in [-0.05, 0) is 104 Å². The van der Waals surface area contributed by atoms with Gasteiger partial charge in [-0.15, -0.1) is 0 Å². The van der Waals surface area contributed by atoms with Crippen molar-refractivity contribution in [3.8, 4) is 0 Å². The minimum atomic E-state index is -1.29. The van der Waals surface area contributed by atoms with E-state index in [-0.39, 0.29) is 34.9 Å². The van der Waals surface area contributed by atoms with E-state index in [0.717, 1.165) is 51.4 Å². The number of carboxylic acids is 1. The maximum absolute atomic E-state index is 11.7. The van der Waals surface area contributed by atoms with Crippen LogP contribution in [0, 0.1) is 52.3 Å². The Morgan fingerprint density at radius 1 is 1.00 bits per heavy atom. The largest absolute Gasteiger partial charge is 0.479 e. The summed E-state index contributed by atoms with van der Waals surface area (Å²) in [5, 5.41) is 41.3. The maximum Gasteiger partial charge on any atom is 0.332 e. The molecule has 0 aromatic rings. The predicted molar refractivity (Wildman–Crippen MR) is 119 cm³/mol. The van der Waals surface area contributed by atoms with Crippen LogP contribution in [0.25, 0.3) is 0 Å². The predicted octanol–water partition coefficient (Wildman–Crippen LogP) is 4.08. The number of hydrogen-bond donors (Lipinski definition) is 4. The van der Waals surface area contributed by atoms with Crippen molar-refractivity contribution in [3.63, 3.8) is 0 Å². The molecule has 5 nitrogen and oxygen atoms in total. The second-order valence-corrected chi connectivity index (χ2v) is 12.2. The van der Waals surface area contributed by atoms with Gasteiger partial charge in [0.25, 0.3) is 0 Å². The summed E-state index contributed by atoms with van der Waals surface area (Å²) in [6, 6.07) is 0. The molecule has 4 N–H and O–H groups in total. The summed E-state index contributed by atoms with van der Waals surface area (Å²) >= 11 is 0. The van der Waals surface area contributed by atoms with Gasteiger partial charge in [0.2, 0.25) is 0 Å². The first-order chi connectivity index (χ1) is 14.5. The highest BCUT2D eigenvalue weighted by molar-refractivity contribution is 5.71. The molecule has 4 saturated carbocycles. The lowest BCUT2D eigenvalue weighted by atomic mass is 9.41. The molecule has 0 unspecified atom stereocenters. The molecule has 0 radical (unpaired) electrons. The summed E-state index contributed by atoms with van der Waals surface area (Å²) in [5.41, 5.74) is 0.309. The molecule has 0 bridgehead atoms. The number of rotatable bonds is 5. The van der Waals surface area contributed by atoms with Crippen LogP contribution in [-0.4, -0.2) is 44.7 Å². The maximum atomic E-state index is 11.7. The van der Waals surface area contributed by atoms with Gasteiger partial charge >= 0.3 is 5.97 Å². The van der Waals surface area contributed by atoms with E-state index < -0.39 is 12.1 Å². The monoisotopic (exact) mass is 436 g/mol. The summed E-state index contributed by atoms with van der Waals surface area (Å²) in [5.74, 6) is 1.39. The van der Waals surface area contributed by atoms with Crippen LogP contribution in [0.3, 0.4) is 0 Å². The van der Waals surface area contributed by atoms with Gasteiger partial charge in [0.15, 0.2) is 6.10 Å². The highest BCUT2D eigenvalue weighted by atomic mass is 16.4. The van der Waals surface area contributed by atoms with E-state index in [0.29, 0.717) is 36.0 Å². The second-order valence-electron chi connectivity index (χ2n) is 12.2. The molecule has 0 aromatic carbocycles. The molecule has 0 amide bonds. The molecule has 0 aliphatic heterocycles. The van der Waals surface area contributed by atoms with Crippen molar-refractivity contribution in [1.29, 1.82) is 0 Å². The lowest BCUT2D eigenvalue weighted by Gasteiger charge is -2.64. The smallest absolute Gasteiger partial charge is 0.332 e.